The summed E-state index contributed by atoms with van der Waals surface area (Å²) in [4.78, 5) is 54.0. The van der Waals surface area contributed by atoms with Gasteiger partial charge in [0.05, 0.1) is 29.2 Å². The van der Waals surface area contributed by atoms with Crippen LogP contribution in [0.15, 0.2) is 61.2 Å². The van der Waals surface area contributed by atoms with Crippen molar-refractivity contribution in [3.8, 4) is 0 Å². The number of hydrogen-bond acceptors (Lipinski definition) is 6. The van der Waals surface area contributed by atoms with Crippen LogP contribution in [0.2, 0.25) is 0 Å². The van der Waals surface area contributed by atoms with Gasteiger partial charge in [0.1, 0.15) is 17.7 Å². The maximum absolute atomic E-state index is 15.6. The summed E-state index contributed by atoms with van der Waals surface area (Å²) in [5.74, 6) is -2.75. The summed E-state index contributed by atoms with van der Waals surface area (Å²) >= 11 is 0. The van der Waals surface area contributed by atoms with E-state index < -0.39 is 41.3 Å². The zero-order valence-electron chi connectivity index (χ0n) is 24.6. The van der Waals surface area contributed by atoms with Crippen LogP contribution in [0.3, 0.4) is 0 Å². The van der Waals surface area contributed by atoms with Gasteiger partial charge < -0.3 is 14.7 Å². The zero-order chi connectivity index (χ0) is 32.2. The Labute approximate surface area is 256 Å². The molecule has 0 unspecified atom stereocenters. The van der Waals surface area contributed by atoms with Crippen molar-refractivity contribution in [3.05, 3.63) is 89.6 Å². The zero-order valence-corrected chi connectivity index (χ0v) is 24.6. The molecular weight excluding hydrogens is 592 g/mol. The third-order valence-electron chi connectivity index (χ3n) is 8.59. The van der Waals surface area contributed by atoms with Gasteiger partial charge in [-0.3, -0.25) is 24.3 Å². The summed E-state index contributed by atoms with van der Waals surface area (Å²) in [5.41, 5.74) is 0.865. The van der Waals surface area contributed by atoms with Crippen LogP contribution in [0.25, 0.3) is 0 Å². The summed E-state index contributed by atoms with van der Waals surface area (Å²) < 4.78 is 56.6. The summed E-state index contributed by atoms with van der Waals surface area (Å²) in [5, 5.41) is 0. The number of aromatic nitrogens is 2. The lowest BCUT2D eigenvalue weighted by atomic mass is 9.94. The maximum Gasteiger partial charge on any atom is 0.416 e. The smallest absolute Gasteiger partial charge is 0.361 e. The molecule has 2 atom stereocenters. The average molecular weight is 623 g/mol. The van der Waals surface area contributed by atoms with Gasteiger partial charge in [0.25, 0.3) is 0 Å². The van der Waals surface area contributed by atoms with Gasteiger partial charge in [-0.05, 0) is 49.4 Å². The van der Waals surface area contributed by atoms with Crippen molar-refractivity contribution in [3.63, 3.8) is 0 Å². The Hall–Kier alpha value is -4.81. The molecule has 3 aliphatic heterocycles. The molecule has 2 aromatic heterocycles. The minimum Gasteiger partial charge on any atom is -0.361 e. The molecule has 0 aliphatic carbocycles. The van der Waals surface area contributed by atoms with Crippen molar-refractivity contribution < 1.29 is 31.9 Å². The second kappa shape index (κ2) is 11.3. The maximum atomic E-state index is 15.6. The molecule has 2 fully saturated rings. The predicted molar refractivity (Wildman–Crippen MR) is 158 cm³/mol. The fourth-order valence-corrected chi connectivity index (χ4v) is 6.39. The van der Waals surface area contributed by atoms with Gasteiger partial charge in [-0.1, -0.05) is 18.7 Å². The van der Waals surface area contributed by atoms with Crippen LogP contribution in [0.1, 0.15) is 35.0 Å². The number of benzene rings is 1. The number of fused-ring (bicyclic) bond motifs is 2. The highest BCUT2D eigenvalue weighted by Gasteiger charge is 2.49. The quantitative estimate of drug-likeness (QED) is 0.309. The molecular formula is C32H30F4N6O3. The number of pyridine rings is 2. The molecule has 1 aromatic carbocycles. The number of likely N-dealkylation sites (N-methyl/N-ethyl adjacent to an activating group) is 1. The van der Waals surface area contributed by atoms with E-state index >= 15 is 4.39 Å². The molecule has 13 heteroatoms. The minimum atomic E-state index is -4.68. The standard InChI is InChI=1S/C32H30F4N6O3/c1-4-27(43)40-15-20(16-40)24-9-5-7-22(38-24)17-41-14-19-12-28(44)42(26-13-21(32(34,35)36)11-18(2)37-26)29(19)31(45)39(3)25-10-6-8-23(33)30(25)41/h4-11,13,19-20,29H,1,12,14-17H2,2-3H3/t19-,29+/m1/s1. The molecule has 234 valence electrons. The molecule has 9 nitrogen and oxygen atoms in total. The van der Waals surface area contributed by atoms with E-state index in [0.717, 1.165) is 22.7 Å². The Bertz CT molecular complexity index is 1710. The third kappa shape index (κ3) is 5.51. The van der Waals surface area contributed by atoms with Crippen LogP contribution in [0.5, 0.6) is 0 Å². The number of aryl methyl sites for hydroxylation is 1. The molecule has 0 saturated carbocycles. The van der Waals surface area contributed by atoms with E-state index in [4.69, 9.17) is 4.98 Å². The van der Waals surface area contributed by atoms with Crippen LogP contribution < -0.4 is 14.7 Å². The van der Waals surface area contributed by atoms with Gasteiger partial charge in [0.2, 0.25) is 17.7 Å². The fourth-order valence-electron chi connectivity index (χ4n) is 6.39. The van der Waals surface area contributed by atoms with Crippen LogP contribution in [0.4, 0.5) is 34.8 Å². The predicted octanol–water partition coefficient (Wildman–Crippen LogP) is 4.46. The molecule has 5 heterocycles. The highest BCUT2D eigenvalue weighted by Crippen LogP contribution is 2.42. The Morgan fingerprint density at radius 3 is 2.51 bits per heavy atom. The van der Waals surface area contributed by atoms with Gasteiger partial charge in [0.15, 0.2) is 0 Å². The fraction of sp³-hybridized carbons (Fsp3) is 0.344. The first-order valence-electron chi connectivity index (χ1n) is 14.4. The highest BCUT2D eigenvalue weighted by atomic mass is 19.4. The van der Waals surface area contributed by atoms with E-state index in [-0.39, 0.29) is 54.2 Å². The van der Waals surface area contributed by atoms with E-state index in [1.807, 2.05) is 12.1 Å². The first-order chi connectivity index (χ1) is 21.3. The largest absolute Gasteiger partial charge is 0.416 e. The molecule has 3 aromatic rings. The van der Waals surface area contributed by atoms with Crippen molar-refractivity contribution in [1.29, 1.82) is 0 Å². The number of hydrogen-bond donors (Lipinski definition) is 0. The van der Waals surface area contributed by atoms with E-state index in [2.05, 4.69) is 11.6 Å². The van der Waals surface area contributed by atoms with Gasteiger partial charge in [-0.15, -0.1) is 0 Å². The number of alkyl halides is 3. The SMILES string of the molecule is C=CC(=O)N1CC(c2cccc(CN3C[C@H]4CC(=O)N(c5cc(C(F)(F)F)cc(C)n5)[C@@H]4C(=O)N(C)c4cccc(F)c43)n2)C1. The van der Waals surface area contributed by atoms with Gasteiger partial charge in [-0.25, -0.2) is 9.37 Å². The molecule has 0 bridgehead atoms. The molecule has 3 aliphatic rings. The summed E-state index contributed by atoms with van der Waals surface area (Å²) in [6.07, 6.45) is -3.56. The number of carbonyl (C=O) groups excluding carboxylic acids is 3. The van der Waals surface area contributed by atoms with Crippen molar-refractivity contribution in [2.45, 2.75) is 38.0 Å². The topological polar surface area (TPSA) is 90.0 Å². The Balaban J connectivity index is 1.36. The highest BCUT2D eigenvalue weighted by molar-refractivity contribution is 6.10. The number of para-hydroxylation sites is 1. The van der Waals surface area contributed by atoms with Crippen LogP contribution in [-0.2, 0) is 27.1 Å². The van der Waals surface area contributed by atoms with Gasteiger partial charge in [0, 0.05) is 56.3 Å². The molecule has 2 saturated heterocycles. The van der Waals surface area contributed by atoms with Gasteiger partial charge >= 0.3 is 6.18 Å². The molecule has 45 heavy (non-hydrogen) atoms. The van der Waals surface area contributed by atoms with E-state index in [0.29, 0.717) is 18.8 Å². The van der Waals surface area contributed by atoms with E-state index in [9.17, 15) is 27.6 Å². The number of likely N-dealkylation sites (tertiary alicyclic amines) is 1. The van der Waals surface area contributed by atoms with Crippen molar-refractivity contribution in [2.24, 2.45) is 5.92 Å². The van der Waals surface area contributed by atoms with Gasteiger partial charge in [-0.2, -0.15) is 13.2 Å². The second-order valence-electron chi connectivity index (χ2n) is 11.6. The first kappa shape index (κ1) is 30.2. The van der Waals surface area contributed by atoms with Crippen LogP contribution in [-0.4, -0.2) is 65.3 Å². The lowest BCUT2D eigenvalue weighted by molar-refractivity contribution is -0.137. The Morgan fingerprint density at radius 1 is 1.07 bits per heavy atom. The van der Waals surface area contributed by atoms with E-state index in [1.54, 1.807) is 21.9 Å². The molecule has 6 rings (SSSR count). The average Bonchev–Trinajstić information content (AvgIpc) is 3.29. The van der Waals surface area contributed by atoms with Crippen LogP contribution >= 0.6 is 0 Å². The second-order valence-corrected chi connectivity index (χ2v) is 11.6. The number of nitrogens with zero attached hydrogens (tertiary/aromatic N) is 6. The van der Waals surface area contributed by atoms with Crippen molar-refractivity contribution >= 4 is 34.9 Å². The lowest BCUT2D eigenvalue weighted by Crippen LogP contribution is -2.52. The Kier molecular flexibility index (Phi) is 7.58. The number of amides is 3. The van der Waals surface area contributed by atoms with Crippen molar-refractivity contribution in [1.82, 2.24) is 14.9 Å². The Morgan fingerprint density at radius 2 is 1.80 bits per heavy atom. The van der Waals surface area contributed by atoms with Crippen LogP contribution in [0, 0.1) is 18.7 Å². The molecule has 0 spiro atoms. The van der Waals surface area contributed by atoms with E-state index in [1.165, 1.54) is 37.1 Å². The molecule has 0 N–H and O–H groups in total. The third-order valence-corrected chi connectivity index (χ3v) is 8.59. The monoisotopic (exact) mass is 622 g/mol. The molecule has 3 amide bonds. The summed E-state index contributed by atoms with van der Waals surface area (Å²) in [7, 11) is 1.46. The normalized spacial score (nSPS) is 20.4. The van der Waals surface area contributed by atoms with Crippen molar-refractivity contribution in [2.75, 3.05) is 41.4 Å². The summed E-state index contributed by atoms with van der Waals surface area (Å²) in [6.45, 7) is 6.09. The number of halogens is 4. The summed E-state index contributed by atoms with van der Waals surface area (Å²) in [6, 6.07) is 10.3. The number of carbonyl (C=O) groups is 3. The lowest BCUT2D eigenvalue weighted by Gasteiger charge is -2.39. The first-order valence-corrected chi connectivity index (χ1v) is 14.4. The number of rotatable bonds is 5. The minimum absolute atomic E-state index is 0.0303. The number of anilines is 3. The molecule has 0 radical (unpaired) electrons.